The standard InChI is InChI=1S/C13H16FN3OS/c1-8-13(18)16-4-5-17(8)7-9-2-3-11(14)10(6-9)12(15)19/h2-3,6,8H,4-5,7H2,1H3,(H2,15,19)(H,16,18). The van der Waals surface area contributed by atoms with Gasteiger partial charge in [-0.3, -0.25) is 9.69 Å². The maximum atomic E-state index is 13.5. The van der Waals surface area contributed by atoms with Gasteiger partial charge in [-0.1, -0.05) is 18.3 Å². The van der Waals surface area contributed by atoms with Gasteiger partial charge in [0.2, 0.25) is 5.91 Å². The molecule has 1 aromatic carbocycles. The molecular weight excluding hydrogens is 265 g/mol. The van der Waals surface area contributed by atoms with Crippen LogP contribution in [0.15, 0.2) is 18.2 Å². The summed E-state index contributed by atoms with van der Waals surface area (Å²) < 4.78 is 13.5. The first-order chi connectivity index (χ1) is 8.99. The molecule has 1 unspecified atom stereocenters. The van der Waals surface area contributed by atoms with Gasteiger partial charge in [-0.15, -0.1) is 0 Å². The van der Waals surface area contributed by atoms with Crippen molar-refractivity contribution in [1.82, 2.24) is 10.2 Å². The summed E-state index contributed by atoms with van der Waals surface area (Å²) in [6, 6.07) is 4.51. The van der Waals surface area contributed by atoms with E-state index in [-0.39, 0.29) is 22.5 Å². The molecular formula is C13H16FN3OS. The van der Waals surface area contributed by atoms with Crippen molar-refractivity contribution in [2.45, 2.75) is 19.5 Å². The van der Waals surface area contributed by atoms with Crippen LogP contribution in [0.1, 0.15) is 18.1 Å². The molecule has 2 rings (SSSR count). The summed E-state index contributed by atoms with van der Waals surface area (Å²) >= 11 is 4.82. The SMILES string of the molecule is CC1C(=O)NCCN1Cc1ccc(F)c(C(N)=S)c1. The maximum Gasteiger partial charge on any atom is 0.237 e. The first-order valence-electron chi connectivity index (χ1n) is 6.09. The van der Waals surface area contributed by atoms with Crippen LogP contribution in [0.25, 0.3) is 0 Å². The predicted octanol–water partition coefficient (Wildman–Crippen LogP) is 0.780. The van der Waals surface area contributed by atoms with Crippen LogP contribution in [0.4, 0.5) is 4.39 Å². The molecule has 19 heavy (non-hydrogen) atoms. The zero-order valence-electron chi connectivity index (χ0n) is 10.6. The van der Waals surface area contributed by atoms with Crippen LogP contribution in [0.3, 0.4) is 0 Å². The van der Waals surface area contributed by atoms with E-state index in [1.54, 1.807) is 12.1 Å². The highest BCUT2D eigenvalue weighted by Crippen LogP contribution is 2.15. The lowest BCUT2D eigenvalue weighted by Crippen LogP contribution is -2.53. The van der Waals surface area contributed by atoms with Gasteiger partial charge in [0.15, 0.2) is 0 Å². The summed E-state index contributed by atoms with van der Waals surface area (Å²) in [5.41, 5.74) is 6.63. The Kier molecular flexibility index (Phi) is 4.11. The molecule has 1 atom stereocenters. The molecule has 102 valence electrons. The number of carbonyl (C=O) groups excluding carboxylic acids is 1. The van der Waals surface area contributed by atoms with Gasteiger partial charge >= 0.3 is 0 Å². The molecule has 0 spiro atoms. The molecule has 6 heteroatoms. The number of amides is 1. The third kappa shape index (κ3) is 3.08. The van der Waals surface area contributed by atoms with Gasteiger partial charge in [-0.05, 0) is 24.6 Å². The predicted molar refractivity (Wildman–Crippen MR) is 75.2 cm³/mol. The van der Waals surface area contributed by atoms with Gasteiger partial charge in [-0.2, -0.15) is 0 Å². The number of rotatable bonds is 3. The van der Waals surface area contributed by atoms with E-state index in [4.69, 9.17) is 18.0 Å². The Morgan fingerprint density at radius 1 is 1.63 bits per heavy atom. The van der Waals surface area contributed by atoms with Crippen molar-refractivity contribution >= 4 is 23.1 Å². The summed E-state index contributed by atoms with van der Waals surface area (Å²) in [4.78, 5) is 13.7. The van der Waals surface area contributed by atoms with Gasteiger partial charge in [0, 0.05) is 25.2 Å². The second-order valence-electron chi connectivity index (χ2n) is 4.62. The van der Waals surface area contributed by atoms with E-state index in [9.17, 15) is 9.18 Å². The molecule has 3 N–H and O–H groups in total. The lowest BCUT2D eigenvalue weighted by atomic mass is 10.1. The minimum atomic E-state index is -0.416. The highest BCUT2D eigenvalue weighted by molar-refractivity contribution is 7.80. The second kappa shape index (κ2) is 5.63. The average molecular weight is 281 g/mol. The summed E-state index contributed by atoms with van der Waals surface area (Å²) in [7, 11) is 0. The third-order valence-electron chi connectivity index (χ3n) is 3.31. The lowest BCUT2D eigenvalue weighted by Gasteiger charge is -2.32. The third-order valence-corrected chi connectivity index (χ3v) is 3.53. The fourth-order valence-corrected chi connectivity index (χ4v) is 2.30. The molecule has 1 aliphatic rings. The normalized spacial score (nSPS) is 20.1. The van der Waals surface area contributed by atoms with Crippen LogP contribution < -0.4 is 11.1 Å². The number of nitrogens with zero attached hydrogens (tertiary/aromatic N) is 1. The number of hydrogen-bond acceptors (Lipinski definition) is 3. The molecule has 1 saturated heterocycles. The van der Waals surface area contributed by atoms with E-state index in [1.807, 2.05) is 11.8 Å². The van der Waals surface area contributed by atoms with Crippen LogP contribution in [0, 0.1) is 5.82 Å². The highest BCUT2D eigenvalue weighted by Gasteiger charge is 2.25. The summed E-state index contributed by atoms with van der Waals surface area (Å²) in [6.45, 7) is 3.83. The molecule has 4 nitrogen and oxygen atoms in total. The first kappa shape index (κ1) is 13.9. The molecule has 1 heterocycles. The summed E-state index contributed by atoms with van der Waals surface area (Å²) in [5, 5.41) is 2.80. The van der Waals surface area contributed by atoms with Gasteiger partial charge in [0.05, 0.1) is 6.04 Å². The van der Waals surface area contributed by atoms with Crippen molar-refractivity contribution < 1.29 is 9.18 Å². The smallest absolute Gasteiger partial charge is 0.237 e. The molecule has 0 aliphatic carbocycles. The van der Waals surface area contributed by atoms with Gasteiger partial charge in [-0.25, -0.2) is 4.39 Å². The topological polar surface area (TPSA) is 58.4 Å². The van der Waals surface area contributed by atoms with E-state index >= 15 is 0 Å². The van der Waals surface area contributed by atoms with Crippen molar-refractivity contribution in [3.63, 3.8) is 0 Å². The summed E-state index contributed by atoms with van der Waals surface area (Å²) in [5.74, 6) is -0.399. The van der Waals surface area contributed by atoms with Crippen LogP contribution >= 0.6 is 12.2 Å². The van der Waals surface area contributed by atoms with Crippen LogP contribution in [-0.4, -0.2) is 34.9 Å². The number of benzene rings is 1. The molecule has 0 bridgehead atoms. The number of halogens is 1. The number of hydrogen-bond donors (Lipinski definition) is 2. The maximum absolute atomic E-state index is 13.5. The van der Waals surface area contributed by atoms with Crippen LogP contribution in [0.5, 0.6) is 0 Å². The molecule has 1 aliphatic heterocycles. The Balaban J connectivity index is 2.17. The minimum Gasteiger partial charge on any atom is -0.389 e. The van der Waals surface area contributed by atoms with Crippen molar-refractivity contribution in [2.75, 3.05) is 13.1 Å². The Morgan fingerprint density at radius 3 is 3.05 bits per heavy atom. The molecule has 0 aromatic heterocycles. The van der Waals surface area contributed by atoms with E-state index in [2.05, 4.69) is 5.32 Å². The van der Waals surface area contributed by atoms with Crippen LogP contribution in [-0.2, 0) is 11.3 Å². The Bertz CT molecular complexity index is 521. The van der Waals surface area contributed by atoms with Crippen LogP contribution in [0.2, 0.25) is 0 Å². The summed E-state index contributed by atoms with van der Waals surface area (Å²) in [6.07, 6.45) is 0. The number of nitrogens with one attached hydrogen (secondary N) is 1. The average Bonchev–Trinajstić information content (AvgIpc) is 2.37. The van der Waals surface area contributed by atoms with Crippen molar-refractivity contribution in [2.24, 2.45) is 5.73 Å². The molecule has 1 aromatic rings. The Hall–Kier alpha value is -1.53. The fourth-order valence-electron chi connectivity index (χ4n) is 2.14. The Morgan fingerprint density at radius 2 is 2.37 bits per heavy atom. The lowest BCUT2D eigenvalue weighted by molar-refractivity contribution is -0.128. The van der Waals surface area contributed by atoms with Gasteiger partial charge in [0.1, 0.15) is 10.8 Å². The van der Waals surface area contributed by atoms with E-state index in [0.29, 0.717) is 13.1 Å². The number of carbonyl (C=O) groups is 1. The van der Waals surface area contributed by atoms with E-state index in [1.165, 1.54) is 6.07 Å². The van der Waals surface area contributed by atoms with Crippen molar-refractivity contribution in [3.8, 4) is 0 Å². The van der Waals surface area contributed by atoms with Crippen molar-refractivity contribution in [1.29, 1.82) is 0 Å². The highest BCUT2D eigenvalue weighted by atomic mass is 32.1. The van der Waals surface area contributed by atoms with E-state index < -0.39 is 5.82 Å². The quantitative estimate of drug-likeness (QED) is 0.804. The number of piperazine rings is 1. The first-order valence-corrected chi connectivity index (χ1v) is 6.50. The van der Waals surface area contributed by atoms with Gasteiger partial charge in [0.25, 0.3) is 0 Å². The number of nitrogens with two attached hydrogens (primary N) is 1. The molecule has 0 saturated carbocycles. The largest absolute Gasteiger partial charge is 0.389 e. The zero-order chi connectivity index (χ0) is 14.0. The molecule has 1 fully saturated rings. The Labute approximate surface area is 116 Å². The van der Waals surface area contributed by atoms with Crippen molar-refractivity contribution in [3.05, 3.63) is 35.1 Å². The van der Waals surface area contributed by atoms with Gasteiger partial charge < -0.3 is 11.1 Å². The molecule has 1 amide bonds. The zero-order valence-corrected chi connectivity index (χ0v) is 11.5. The number of thiocarbonyl (C=S) groups is 1. The molecule has 0 radical (unpaired) electrons. The van der Waals surface area contributed by atoms with E-state index in [0.717, 1.165) is 12.1 Å². The monoisotopic (exact) mass is 281 g/mol. The second-order valence-corrected chi connectivity index (χ2v) is 5.06. The fraction of sp³-hybridized carbons (Fsp3) is 0.385. The minimum absolute atomic E-state index is 0.0166.